The first kappa shape index (κ1) is 17.4. The molecule has 1 N–H and O–H groups in total. The van der Waals surface area contributed by atoms with Crippen LogP contribution >= 0.6 is 0 Å². The molecule has 3 aliphatic carbocycles. The molecule has 140 valence electrons. The van der Waals surface area contributed by atoms with Gasteiger partial charge in [-0.1, -0.05) is 17.3 Å². The number of hydrogen-bond acceptors (Lipinski definition) is 4. The molecule has 0 aliphatic heterocycles. The van der Waals surface area contributed by atoms with E-state index in [1.54, 1.807) is 0 Å². The van der Waals surface area contributed by atoms with Crippen molar-refractivity contribution in [3.05, 3.63) is 41.5 Å². The molecule has 2 aromatic rings. The van der Waals surface area contributed by atoms with Crippen LogP contribution in [0.4, 0.5) is 14.5 Å². The van der Waals surface area contributed by atoms with Gasteiger partial charge in [-0.15, -0.1) is 0 Å². The van der Waals surface area contributed by atoms with E-state index in [9.17, 15) is 8.78 Å². The predicted octanol–water partition coefficient (Wildman–Crippen LogP) is 5.19. The van der Waals surface area contributed by atoms with Crippen LogP contribution in [-0.4, -0.2) is 16.7 Å². The number of nitrogens with zero attached hydrogens (tertiary/aromatic N) is 2. The van der Waals surface area contributed by atoms with Crippen molar-refractivity contribution in [3.63, 3.8) is 0 Å². The number of halogens is 2. The van der Waals surface area contributed by atoms with E-state index in [2.05, 4.69) is 46.6 Å². The Morgan fingerprint density at radius 1 is 1.15 bits per heavy atom. The highest BCUT2D eigenvalue weighted by Gasteiger charge is 2.52. The summed E-state index contributed by atoms with van der Waals surface area (Å²) < 4.78 is 31.7. The third kappa shape index (κ3) is 3.10. The average Bonchev–Trinajstić information content (AvgIpc) is 3.13. The Kier molecular flexibility index (Phi) is 4.04. The van der Waals surface area contributed by atoms with Gasteiger partial charge in [-0.05, 0) is 68.6 Å². The highest BCUT2D eigenvalue weighted by molar-refractivity contribution is 5.45. The molecule has 4 nitrogen and oxygen atoms in total. The highest BCUT2D eigenvalue weighted by Crippen LogP contribution is 2.57. The summed E-state index contributed by atoms with van der Waals surface area (Å²) in [4.78, 5) is 4.06. The van der Waals surface area contributed by atoms with Crippen molar-refractivity contribution in [2.24, 2.45) is 5.41 Å². The molecule has 0 radical (unpaired) electrons. The van der Waals surface area contributed by atoms with E-state index in [0.717, 1.165) is 57.7 Å². The molecular formula is C20H25F2N3O. The summed E-state index contributed by atoms with van der Waals surface area (Å²) in [7, 11) is 0. The van der Waals surface area contributed by atoms with Crippen LogP contribution in [0.25, 0.3) is 0 Å². The van der Waals surface area contributed by atoms with Crippen LogP contribution < -0.4 is 5.32 Å². The van der Waals surface area contributed by atoms with E-state index < -0.39 is 11.8 Å². The maximum absolute atomic E-state index is 13.4. The van der Waals surface area contributed by atoms with E-state index >= 15 is 0 Å². The van der Waals surface area contributed by atoms with Crippen molar-refractivity contribution >= 4 is 5.69 Å². The van der Waals surface area contributed by atoms with Crippen molar-refractivity contribution in [3.8, 4) is 0 Å². The van der Waals surface area contributed by atoms with Gasteiger partial charge in [-0.25, -0.2) is 0 Å². The van der Waals surface area contributed by atoms with Gasteiger partial charge in [0, 0.05) is 24.6 Å². The summed E-state index contributed by atoms with van der Waals surface area (Å²) in [6.07, 6.45) is 6.03. The van der Waals surface area contributed by atoms with E-state index in [-0.39, 0.29) is 10.8 Å². The van der Waals surface area contributed by atoms with Gasteiger partial charge >= 0.3 is 5.92 Å². The lowest BCUT2D eigenvalue weighted by Crippen LogP contribution is -2.47. The molecule has 0 atom stereocenters. The van der Waals surface area contributed by atoms with E-state index in [1.165, 1.54) is 5.56 Å². The monoisotopic (exact) mass is 361 g/mol. The number of aryl methyl sites for hydroxylation is 1. The lowest BCUT2D eigenvalue weighted by molar-refractivity contribution is -0.0158. The minimum atomic E-state index is -3.08. The number of fused-ring (bicyclic) bond motifs is 3. The van der Waals surface area contributed by atoms with Crippen LogP contribution in [0.5, 0.6) is 0 Å². The smallest absolute Gasteiger partial charge is 0.322 e. The van der Waals surface area contributed by atoms with E-state index in [1.807, 2.05) is 0 Å². The standard InChI is InChI=1S/C20H25F2N3O/c1-14-4-3-5-15(12-14)23-13-19-6-9-20(10-7-19,11-8-19)16-24-17(26-25-16)18(2,21)22/h3-5,12,23H,6-11,13H2,1-2H3. The van der Waals surface area contributed by atoms with Gasteiger partial charge in [0.05, 0.1) is 0 Å². The number of anilines is 1. The summed E-state index contributed by atoms with van der Waals surface area (Å²) in [6.45, 7) is 3.85. The second-order valence-corrected chi connectivity index (χ2v) is 8.31. The minimum Gasteiger partial charge on any atom is -0.384 e. The fourth-order valence-corrected chi connectivity index (χ4v) is 4.53. The van der Waals surface area contributed by atoms with Crippen LogP contribution in [0.1, 0.15) is 62.7 Å². The van der Waals surface area contributed by atoms with Crippen LogP contribution in [-0.2, 0) is 11.3 Å². The molecule has 1 heterocycles. The molecule has 6 heteroatoms. The maximum Gasteiger partial charge on any atom is 0.322 e. The number of hydrogen-bond donors (Lipinski definition) is 1. The van der Waals surface area contributed by atoms with Crippen molar-refractivity contribution in [2.75, 3.05) is 11.9 Å². The molecule has 3 aliphatic rings. The predicted molar refractivity (Wildman–Crippen MR) is 95.3 cm³/mol. The quantitative estimate of drug-likeness (QED) is 0.796. The summed E-state index contributed by atoms with van der Waals surface area (Å²) in [5, 5.41) is 7.52. The van der Waals surface area contributed by atoms with Gasteiger partial charge in [0.1, 0.15) is 0 Å². The van der Waals surface area contributed by atoms with Gasteiger partial charge in [0.2, 0.25) is 0 Å². The van der Waals surface area contributed by atoms with Crippen LogP contribution in [0, 0.1) is 12.3 Å². The van der Waals surface area contributed by atoms with Gasteiger partial charge in [-0.3, -0.25) is 0 Å². The first-order valence-corrected chi connectivity index (χ1v) is 9.34. The second kappa shape index (κ2) is 6.03. The number of rotatable bonds is 5. The molecule has 5 rings (SSSR count). The third-order valence-electron chi connectivity index (χ3n) is 6.36. The van der Waals surface area contributed by atoms with Crippen LogP contribution in [0.3, 0.4) is 0 Å². The topological polar surface area (TPSA) is 51.0 Å². The van der Waals surface area contributed by atoms with Crippen molar-refractivity contribution in [1.82, 2.24) is 10.1 Å². The van der Waals surface area contributed by atoms with Crippen LogP contribution in [0.15, 0.2) is 28.8 Å². The molecule has 0 unspecified atom stereocenters. The fraction of sp³-hybridized carbons (Fsp3) is 0.600. The first-order valence-electron chi connectivity index (χ1n) is 9.34. The largest absolute Gasteiger partial charge is 0.384 e. The zero-order chi connectivity index (χ0) is 18.4. The zero-order valence-corrected chi connectivity index (χ0v) is 15.3. The van der Waals surface area contributed by atoms with Gasteiger partial charge in [0.25, 0.3) is 5.89 Å². The molecule has 0 spiro atoms. The molecular weight excluding hydrogens is 336 g/mol. The zero-order valence-electron chi connectivity index (χ0n) is 15.3. The number of benzene rings is 1. The number of alkyl halides is 2. The van der Waals surface area contributed by atoms with E-state index in [0.29, 0.717) is 5.82 Å². The second-order valence-electron chi connectivity index (χ2n) is 8.31. The van der Waals surface area contributed by atoms with Gasteiger partial charge in [-0.2, -0.15) is 13.8 Å². The minimum absolute atomic E-state index is 0.182. The van der Waals surface area contributed by atoms with Crippen LogP contribution in [0.2, 0.25) is 0 Å². The van der Waals surface area contributed by atoms with Crippen molar-refractivity contribution in [2.45, 2.75) is 63.7 Å². The molecule has 3 saturated carbocycles. The summed E-state index contributed by atoms with van der Waals surface area (Å²) in [5.74, 6) is -3.16. The SMILES string of the molecule is Cc1cccc(NCC23CCC(c4noc(C(C)(F)F)n4)(CC2)CC3)c1. The number of nitrogens with one attached hydrogen (secondary N) is 1. The normalized spacial score (nSPS) is 28.3. The average molecular weight is 361 g/mol. The fourth-order valence-electron chi connectivity index (χ4n) is 4.53. The Labute approximate surface area is 152 Å². The summed E-state index contributed by atoms with van der Waals surface area (Å²) in [6, 6.07) is 8.43. The Morgan fingerprint density at radius 2 is 1.85 bits per heavy atom. The van der Waals surface area contributed by atoms with Gasteiger partial charge < -0.3 is 9.84 Å². The molecule has 1 aromatic carbocycles. The number of aromatic nitrogens is 2. The lowest BCUT2D eigenvalue weighted by Gasteiger charge is -2.52. The molecule has 26 heavy (non-hydrogen) atoms. The van der Waals surface area contributed by atoms with Crippen molar-refractivity contribution in [1.29, 1.82) is 0 Å². The Balaban J connectivity index is 1.44. The van der Waals surface area contributed by atoms with Gasteiger partial charge in [0.15, 0.2) is 5.82 Å². The molecule has 0 saturated heterocycles. The van der Waals surface area contributed by atoms with Crippen molar-refractivity contribution < 1.29 is 13.3 Å². The maximum atomic E-state index is 13.4. The molecule has 1 aromatic heterocycles. The Hall–Kier alpha value is -1.98. The Bertz CT molecular complexity index is 772. The molecule has 3 fully saturated rings. The molecule has 0 amide bonds. The van der Waals surface area contributed by atoms with E-state index in [4.69, 9.17) is 4.52 Å². The third-order valence-corrected chi connectivity index (χ3v) is 6.36. The summed E-state index contributed by atoms with van der Waals surface area (Å²) in [5.41, 5.74) is 2.51. The first-order chi connectivity index (χ1) is 12.3. The lowest BCUT2D eigenvalue weighted by atomic mass is 9.53. The Morgan fingerprint density at radius 3 is 2.42 bits per heavy atom. The summed E-state index contributed by atoms with van der Waals surface area (Å²) >= 11 is 0. The molecule has 2 bridgehead atoms. The highest BCUT2D eigenvalue weighted by atomic mass is 19.3.